The van der Waals surface area contributed by atoms with Crippen LogP contribution in [0.3, 0.4) is 0 Å². The number of nitrogens with zero attached hydrogens (tertiary/aromatic N) is 1. The van der Waals surface area contributed by atoms with Crippen molar-refractivity contribution in [1.82, 2.24) is 0 Å². The molecule has 0 aliphatic carbocycles. The lowest BCUT2D eigenvalue weighted by Gasteiger charge is -2.19. The van der Waals surface area contributed by atoms with Crippen LogP contribution in [0.15, 0.2) is 5.16 Å². The fraction of sp³-hybridized carbons (Fsp3) is 0.900. The van der Waals surface area contributed by atoms with Crippen LogP contribution in [0.5, 0.6) is 0 Å². The van der Waals surface area contributed by atoms with Crippen molar-refractivity contribution in [3.8, 4) is 0 Å². The largest absolute Gasteiger partial charge is 0.396 e. The number of oxime groups is 1. The Balaban J connectivity index is 4.05. The molecule has 2 nitrogen and oxygen atoms in total. The molecule has 12 heavy (non-hydrogen) atoms. The molecule has 0 N–H and O–H groups in total. The van der Waals surface area contributed by atoms with Gasteiger partial charge in [-0.2, -0.15) is 0 Å². The molecule has 0 saturated carbocycles. The van der Waals surface area contributed by atoms with Gasteiger partial charge in [-0.1, -0.05) is 39.8 Å². The molecular formula is C10H21NO. The molecule has 2 heteroatoms. The minimum atomic E-state index is 0.141. The van der Waals surface area contributed by atoms with Crippen LogP contribution in [-0.4, -0.2) is 12.3 Å². The standard InChI is InChI=1S/C10H21NO/c1-6-8-12-11-9(7-2)10(3,4)5/h6-8H2,1-5H3. The van der Waals surface area contributed by atoms with Gasteiger partial charge in [0.15, 0.2) is 0 Å². The summed E-state index contributed by atoms with van der Waals surface area (Å²) in [6.07, 6.45) is 1.98. The summed E-state index contributed by atoms with van der Waals surface area (Å²) in [6.45, 7) is 11.4. The molecule has 0 aliphatic rings. The summed E-state index contributed by atoms with van der Waals surface area (Å²) >= 11 is 0. The summed E-state index contributed by atoms with van der Waals surface area (Å²) in [5.74, 6) is 0. The van der Waals surface area contributed by atoms with E-state index >= 15 is 0 Å². The van der Waals surface area contributed by atoms with Crippen LogP contribution >= 0.6 is 0 Å². The highest BCUT2D eigenvalue weighted by molar-refractivity contribution is 5.88. The average Bonchev–Trinajstić information content (AvgIpc) is 1.95. The third kappa shape index (κ3) is 4.37. The van der Waals surface area contributed by atoms with E-state index in [0.29, 0.717) is 0 Å². The van der Waals surface area contributed by atoms with Crippen molar-refractivity contribution in [2.45, 2.75) is 47.5 Å². The van der Waals surface area contributed by atoms with Gasteiger partial charge in [0, 0.05) is 5.41 Å². The fourth-order valence-corrected chi connectivity index (χ4v) is 0.947. The highest BCUT2D eigenvalue weighted by Crippen LogP contribution is 2.18. The molecule has 0 unspecified atom stereocenters. The predicted octanol–water partition coefficient (Wildman–Crippen LogP) is 3.23. The van der Waals surface area contributed by atoms with Crippen molar-refractivity contribution in [3.63, 3.8) is 0 Å². The Bertz CT molecular complexity index is 144. The van der Waals surface area contributed by atoms with Crippen LogP contribution < -0.4 is 0 Å². The maximum atomic E-state index is 5.15. The van der Waals surface area contributed by atoms with Gasteiger partial charge in [0.05, 0.1) is 5.71 Å². The fourth-order valence-electron chi connectivity index (χ4n) is 0.947. The molecule has 0 rings (SSSR count). The number of hydrogen-bond acceptors (Lipinski definition) is 2. The highest BCUT2D eigenvalue weighted by Gasteiger charge is 2.17. The smallest absolute Gasteiger partial charge is 0.116 e. The number of rotatable bonds is 4. The van der Waals surface area contributed by atoms with Crippen LogP contribution in [0.1, 0.15) is 47.5 Å². The predicted molar refractivity (Wildman–Crippen MR) is 53.4 cm³/mol. The first kappa shape index (κ1) is 11.5. The van der Waals surface area contributed by atoms with Crippen molar-refractivity contribution in [3.05, 3.63) is 0 Å². The van der Waals surface area contributed by atoms with E-state index in [1.54, 1.807) is 0 Å². The zero-order valence-corrected chi connectivity index (χ0v) is 8.98. The summed E-state index contributed by atoms with van der Waals surface area (Å²) in [7, 11) is 0. The normalized spacial score (nSPS) is 13.2. The molecule has 72 valence electrons. The van der Waals surface area contributed by atoms with Crippen molar-refractivity contribution in [1.29, 1.82) is 0 Å². The van der Waals surface area contributed by atoms with Gasteiger partial charge in [-0.15, -0.1) is 0 Å². The van der Waals surface area contributed by atoms with Crippen molar-refractivity contribution < 1.29 is 4.84 Å². The molecule has 0 fully saturated rings. The number of hydrogen-bond donors (Lipinski definition) is 0. The molecule has 0 saturated heterocycles. The van der Waals surface area contributed by atoms with Crippen LogP contribution in [0.25, 0.3) is 0 Å². The Labute approximate surface area is 76.0 Å². The van der Waals surface area contributed by atoms with E-state index in [9.17, 15) is 0 Å². The van der Waals surface area contributed by atoms with Crippen LogP contribution in [0.2, 0.25) is 0 Å². The summed E-state index contributed by atoms with van der Waals surface area (Å²) in [5, 5.41) is 4.12. The molecule has 0 radical (unpaired) electrons. The molecule has 0 aromatic rings. The SMILES string of the molecule is CCCON=C(CC)C(C)(C)C. The van der Waals surface area contributed by atoms with Crippen LogP contribution in [0, 0.1) is 5.41 Å². The second-order valence-corrected chi connectivity index (χ2v) is 3.97. The Hall–Kier alpha value is -0.530. The average molecular weight is 171 g/mol. The molecule has 0 aromatic carbocycles. The maximum absolute atomic E-state index is 5.15. The molecule has 0 atom stereocenters. The van der Waals surface area contributed by atoms with Gasteiger partial charge in [-0.05, 0) is 12.8 Å². The van der Waals surface area contributed by atoms with E-state index in [2.05, 4.69) is 39.8 Å². The summed E-state index contributed by atoms with van der Waals surface area (Å²) in [6, 6.07) is 0. The van der Waals surface area contributed by atoms with Gasteiger partial charge in [0.25, 0.3) is 0 Å². The molecular weight excluding hydrogens is 150 g/mol. The summed E-state index contributed by atoms with van der Waals surface area (Å²) < 4.78 is 0. The van der Waals surface area contributed by atoms with Gasteiger partial charge >= 0.3 is 0 Å². The molecule has 0 aliphatic heterocycles. The maximum Gasteiger partial charge on any atom is 0.116 e. The van der Waals surface area contributed by atoms with Gasteiger partial charge in [-0.3, -0.25) is 0 Å². The molecule has 0 heterocycles. The van der Waals surface area contributed by atoms with E-state index in [4.69, 9.17) is 4.84 Å². The Morgan fingerprint density at radius 2 is 1.83 bits per heavy atom. The van der Waals surface area contributed by atoms with Gasteiger partial charge < -0.3 is 4.84 Å². The molecule has 0 amide bonds. The Morgan fingerprint density at radius 1 is 1.25 bits per heavy atom. The quantitative estimate of drug-likeness (QED) is 0.361. The van der Waals surface area contributed by atoms with Gasteiger partial charge in [-0.25, -0.2) is 0 Å². The lowest BCUT2D eigenvalue weighted by molar-refractivity contribution is 0.141. The summed E-state index contributed by atoms with van der Waals surface area (Å²) in [5.41, 5.74) is 1.28. The highest BCUT2D eigenvalue weighted by atomic mass is 16.6. The van der Waals surface area contributed by atoms with Crippen molar-refractivity contribution in [2.75, 3.05) is 6.61 Å². The lowest BCUT2D eigenvalue weighted by atomic mass is 9.89. The minimum Gasteiger partial charge on any atom is -0.396 e. The third-order valence-electron chi connectivity index (χ3n) is 1.67. The van der Waals surface area contributed by atoms with Gasteiger partial charge in [0.2, 0.25) is 0 Å². The van der Waals surface area contributed by atoms with E-state index in [1.165, 1.54) is 0 Å². The second kappa shape index (κ2) is 5.18. The molecule has 0 bridgehead atoms. The van der Waals surface area contributed by atoms with E-state index in [-0.39, 0.29) is 5.41 Å². The summed E-state index contributed by atoms with van der Waals surface area (Å²) in [4.78, 5) is 5.15. The van der Waals surface area contributed by atoms with E-state index in [1.807, 2.05) is 0 Å². The van der Waals surface area contributed by atoms with E-state index < -0.39 is 0 Å². The van der Waals surface area contributed by atoms with Crippen molar-refractivity contribution >= 4 is 5.71 Å². The first-order valence-electron chi connectivity index (χ1n) is 4.71. The first-order valence-corrected chi connectivity index (χ1v) is 4.71. The lowest BCUT2D eigenvalue weighted by Crippen LogP contribution is -2.19. The van der Waals surface area contributed by atoms with Crippen molar-refractivity contribution in [2.24, 2.45) is 10.6 Å². The monoisotopic (exact) mass is 171 g/mol. The van der Waals surface area contributed by atoms with Gasteiger partial charge in [0.1, 0.15) is 6.61 Å². The second-order valence-electron chi connectivity index (χ2n) is 3.97. The molecule has 0 spiro atoms. The topological polar surface area (TPSA) is 21.6 Å². The van der Waals surface area contributed by atoms with Crippen LogP contribution in [-0.2, 0) is 4.84 Å². The third-order valence-corrected chi connectivity index (χ3v) is 1.67. The molecule has 0 aromatic heterocycles. The Kier molecular flexibility index (Phi) is 4.95. The first-order chi connectivity index (χ1) is 5.52. The van der Waals surface area contributed by atoms with E-state index in [0.717, 1.165) is 25.2 Å². The minimum absolute atomic E-state index is 0.141. The zero-order chi connectivity index (χ0) is 9.61. The van der Waals surface area contributed by atoms with Crippen LogP contribution in [0.4, 0.5) is 0 Å². The zero-order valence-electron chi connectivity index (χ0n) is 8.98. The Morgan fingerprint density at radius 3 is 2.17 bits per heavy atom.